The third kappa shape index (κ3) is 1.93. The number of hydrogen-bond acceptors (Lipinski definition) is 1. The van der Waals surface area contributed by atoms with Crippen molar-refractivity contribution in [3.8, 4) is 0 Å². The molecule has 0 fully saturated rings. The van der Waals surface area contributed by atoms with E-state index in [-0.39, 0.29) is 0 Å². The van der Waals surface area contributed by atoms with Crippen LogP contribution in [0.1, 0.15) is 25.8 Å². The predicted octanol–water partition coefficient (Wildman–Crippen LogP) is 2.72. The van der Waals surface area contributed by atoms with Gasteiger partial charge in [-0.15, -0.1) is 0 Å². The fourth-order valence-corrected chi connectivity index (χ4v) is 2.38. The molecular weight excluding hydrogens is 206 g/mol. The van der Waals surface area contributed by atoms with Gasteiger partial charge in [-0.1, -0.05) is 31.2 Å². The monoisotopic (exact) mass is 225 g/mol. The normalized spacial score (nSPS) is 13.6. The van der Waals surface area contributed by atoms with Gasteiger partial charge in [0, 0.05) is 11.1 Å². The molecule has 0 atom stereocenters. The maximum absolute atomic E-state index is 6.05. The molecule has 0 unspecified atom stereocenters. The van der Waals surface area contributed by atoms with Gasteiger partial charge in [-0.25, -0.2) is 0 Å². The summed E-state index contributed by atoms with van der Waals surface area (Å²) >= 11 is 0. The smallest absolute Gasteiger partial charge is 0.0394 e. The fraction of sp³-hybridized carbons (Fsp3) is 0.250. The number of nitrogens with two attached hydrogens (primary N) is 1. The van der Waals surface area contributed by atoms with Crippen molar-refractivity contribution < 1.29 is 0 Å². The number of nitrogen functional groups attached to an aromatic ring is 1. The van der Waals surface area contributed by atoms with Crippen LogP contribution in [-0.4, -0.2) is 0 Å². The second-order valence-corrected chi connectivity index (χ2v) is 4.35. The van der Waals surface area contributed by atoms with Gasteiger partial charge in [-0.2, -0.15) is 0 Å². The summed E-state index contributed by atoms with van der Waals surface area (Å²) in [6, 6.07) is 8.33. The number of rotatable bonds is 1. The van der Waals surface area contributed by atoms with E-state index in [1.807, 2.05) is 12.1 Å². The van der Waals surface area contributed by atoms with Crippen molar-refractivity contribution in [2.24, 2.45) is 0 Å². The Morgan fingerprint density at radius 3 is 2.65 bits per heavy atom. The molecule has 0 bridgehead atoms. The maximum atomic E-state index is 6.05. The Morgan fingerprint density at radius 2 is 2.00 bits per heavy atom. The highest BCUT2D eigenvalue weighted by Crippen LogP contribution is 2.20. The summed E-state index contributed by atoms with van der Waals surface area (Å²) in [7, 11) is 0. The van der Waals surface area contributed by atoms with Gasteiger partial charge >= 0.3 is 0 Å². The molecule has 0 heterocycles. The van der Waals surface area contributed by atoms with E-state index < -0.39 is 0 Å². The summed E-state index contributed by atoms with van der Waals surface area (Å²) in [5.74, 6) is 0. The zero-order valence-electron chi connectivity index (χ0n) is 10.7. The Bertz CT molecular complexity index is 666. The Balaban J connectivity index is 3.05. The molecule has 1 heteroatoms. The minimum atomic E-state index is 0.858. The highest BCUT2D eigenvalue weighted by atomic mass is 14.5. The Kier molecular flexibility index (Phi) is 3.19. The van der Waals surface area contributed by atoms with Gasteiger partial charge < -0.3 is 5.73 Å². The molecule has 0 aromatic heterocycles. The summed E-state index contributed by atoms with van der Waals surface area (Å²) in [6.45, 7) is 6.42. The molecule has 2 aromatic carbocycles. The van der Waals surface area contributed by atoms with Crippen molar-refractivity contribution in [3.05, 3.63) is 40.3 Å². The lowest BCUT2D eigenvalue weighted by Gasteiger charge is -2.07. The second kappa shape index (κ2) is 4.62. The Hall–Kier alpha value is -1.76. The first-order chi connectivity index (χ1) is 8.19. The number of benzene rings is 2. The molecule has 0 aliphatic heterocycles. The van der Waals surface area contributed by atoms with E-state index in [2.05, 4.69) is 45.1 Å². The first kappa shape index (κ1) is 11.7. The zero-order chi connectivity index (χ0) is 12.4. The molecule has 2 rings (SSSR count). The molecule has 0 saturated carbocycles. The standard InChI is InChI=1S/C16H19N/c1-4-7-13-11(3)14-8-6-9-16(17)15(14)10-12(13)5-2/h5-10H,4,17H2,1-3H3/b12-5-,13-7-. The van der Waals surface area contributed by atoms with E-state index >= 15 is 0 Å². The predicted molar refractivity (Wildman–Crippen MR) is 77.2 cm³/mol. The van der Waals surface area contributed by atoms with Crippen LogP contribution in [0.25, 0.3) is 22.9 Å². The molecule has 0 spiro atoms. The van der Waals surface area contributed by atoms with Gasteiger partial charge in [0.2, 0.25) is 0 Å². The van der Waals surface area contributed by atoms with E-state index in [9.17, 15) is 0 Å². The van der Waals surface area contributed by atoms with E-state index in [4.69, 9.17) is 5.73 Å². The average Bonchev–Trinajstić information content (AvgIpc) is 2.33. The summed E-state index contributed by atoms with van der Waals surface area (Å²) in [5, 5.41) is 5.03. The van der Waals surface area contributed by atoms with Crippen LogP contribution in [0.4, 0.5) is 5.69 Å². The van der Waals surface area contributed by atoms with Crippen molar-refractivity contribution in [2.45, 2.75) is 27.2 Å². The molecular formula is C16H19N. The number of hydrogen-bond donors (Lipinski definition) is 1. The molecule has 0 aliphatic rings. The van der Waals surface area contributed by atoms with Crippen molar-refractivity contribution in [2.75, 3.05) is 5.73 Å². The first-order valence-corrected chi connectivity index (χ1v) is 6.13. The van der Waals surface area contributed by atoms with Crippen LogP contribution in [-0.2, 0) is 0 Å². The lowest BCUT2D eigenvalue weighted by Crippen LogP contribution is -2.27. The minimum Gasteiger partial charge on any atom is -0.398 e. The molecule has 0 saturated heterocycles. The Labute approximate surface area is 102 Å². The van der Waals surface area contributed by atoms with Crippen molar-refractivity contribution >= 4 is 28.6 Å². The van der Waals surface area contributed by atoms with E-state index in [1.54, 1.807) is 0 Å². The first-order valence-electron chi connectivity index (χ1n) is 6.13. The third-order valence-corrected chi connectivity index (χ3v) is 3.28. The molecule has 1 nitrogen and oxygen atoms in total. The summed E-state index contributed by atoms with van der Waals surface area (Å²) in [6.07, 6.45) is 5.49. The van der Waals surface area contributed by atoms with E-state index in [0.717, 1.165) is 17.5 Å². The third-order valence-electron chi connectivity index (χ3n) is 3.28. The average molecular weight is 225 g/mol. The van der Waals surface area contributed by atoms with Crippen LogP contribution < -0.4 is 16.2 Å². The fourth-order valence-electron chi connectivity index (χ4n) is 2.38. The molecule has 17 heavy (non-hydrogen) atoms. The van der Waals surface area contributed by atoms with Crippen molar-refractivity contribution in [1.29, 1.82) is 0 Å². The van der Waals surface area contributed by atoms with Crippen LogP contribution in [0, 0.1) is 6.92 Å². The topological polar surface area (TPSA) is 26.0 Å². The molecule has 88 valence electrons. The number of fused-ring (bicyclic) bond motifs is 1. The van der Waals surface area contributed by atoms with Gasteiger partial charge in [-0.3, -0.25) is 0 Å². The van der Waals surface area contributed by atoms with Gasteiger partial charge in [0.05, 0.1) is 0 Å². The second-order valence-electron chi connectivity index (χ2n) is 4.35. The maximum Gasteiger partial charge on any atom is 0.0394 e. The summed E-state index contributed by atoms with van der Waals surface area (Å²) in [5.41, 5.74) is 8.23. The highest BCUT2D eigenvalue weighted by molar-refractivity contribution is 5.95. The SMILES string of the molecule is C/C=c1/cc2c(N)cccc2c(C)/c1=C/CC. The quantitative estimate of drug-likeness (QED) is 0.742. The zero-order valence-corrected chi connectivity index (χ0v) is 10.7. The minimum absolute atomic E-state index is 0.858. The molecule has 0 amide bonds. The number of anilines is 1. The number of aryl methyl sites for hydroxylation is 1. The molecule has 0 radical (unpaired) electrons. The van der Waals surface area contributed by atoms with Crippen LogP contribution in [0.15, 0.2) is 24.3 Å². The molecule has 2 N–H and O–H groups in total. The molecule has 0 aliphatic carbocycles. The van der Waals surface area contributed by atoms with Crippen LogP contribution in [0.2, 0.25) is 0 Å². The lowest BCUT2D eigenvalue weighted by molar-refractivity contribution is 1.27. The largest absolute Gasteiger partial charge is 0.398 e. The molecule has 2 aromatic rings. The van der Waals surface area contributed by atoms with Crippen LogP contribution in [0.3, 0.4) is 0 Å². The van der Waals surface area contributed by atoms with Crippen LogP contribution in [0.5, 0.6) is 0 Å². The van der Waals surface area contributed by atoms with Gasteiger partial charge in [-0.05, 0) is 53.8 Å². The van der Waals surface area contributed by atoms with Gasteiger partial charge in [0.25, 0.3) is 0 Å². The van der Waals surface area contributed by atoms with Crippen molar-refractivity contribution in [3.63, 3.8) is 0 Å². The Morgan fingerprint density at radius 1 is 1.24 bits per heavy atom. The van der Waals surface area contributed by atoms with Crippen molar-refractivity contribution in [1.82, 2.24) is 0 Å². The van der Waals surface area contributed by atoms with Crippen LogP contribution >= 0.6 is 0 Å². The highest BCUT2D eigenvalue weighted by Gasteiger charge is 2.02. The van der Waals surface area contributed by atoms with E-state index in [1.165, 1.54) is 21.4 Å². The van der Waals surface area contributed by atoms with E-state index in [0.29, 0.717) is 0 Å². The van der Waals surface area contributed by atoms with Gasteiger partial charge in [0.1, 0.15) is 0 Å². The summed E-state index contributed by atoms with van der Waals surface area (Å²) < 4.78 is 0. The summed E-state index contributed by atoms with van der Waals surface area (Å²) in [4.78, 5) is 0. The van der Waals surface area contributed by atoms with Gasteiger partial charge in [0.15, 0.2) is 0 Å². The lowest BCUT2D eigenvalue weighted by atomic mass is 9.99.